The molecule has 0 saturated carbocycles. The van der Waals surface area contributed by atoms with Gasteiger partial charge in [0.1, 0.15) is 0 Å². The van der Waals surface area contributed by atoms with Gasteiger partial charge in [-0.1, -0.05) is 25.9 Å². The quantitative estimate of drug-likeness (QED) is 0.108. The van der Waals surface area contributed by atoms with Crippen LogP contribution in [0.3, 0.4) is 0 Å². The second-order valence-electron chi connectivity index (χ2n) is 1.91. The van der Waals surface area contributed by atoms with E-state index in [0.29, 0.717) is 0 Å². The molecule has 0 aromatic rings. The van der Waals surface area contributed by atoms with Crippen molar-refractivity contribution in [3.05, 3.63) is 0 Å². The zero-order valence-electron chi connectivity index (χ0n) is 12.2. The van der Waals surface area contributed by atoms with Gasteiger partial charge in [0.25, 0.3) is 0 Å². The minimum absolute atomic E-state index is 0. The summed E-state index contributed by atoms with van der Waals surface area (Å²) in [6.45, 7) is 0. The topological polar surface area (TPSA) is 156 Å². The van der Waals surface area contributed by atoms with Crippen molar-refractivity contribution in [1.82, 2.24) is 0 Å². The van der Waals surface area contributed by atoms with Gasteiger partial charge in [-0.25, -0.2) is 0 Å². The van der Waals surface area contributed by atoms with Crippen molar-refractivity contribution < 1.29 is 21.1 Å². The Morgan fingerprint density at radius 3 is 0.385 bits per heavy atom. The molecule has 0 amide bonds. The molecule has 0 atom stereocenters. The Bertz CT molecular complexity index is 274. The smallest absolute Gasteiger partial charge is 0.415 e. The van der Waals surface area contributed by atoms with Gasteiger partial charge in [-0.15, -0.1) is 0 Å². The van der Waals surface area contributed by atoms with Crippen LogP contribution in [0, 0.1) is 0 Å². The monoisotopic (exact) mass is 682 g/mol. The van der Waals surface area contributed by atoms with E-state index in [2.05, 4.69) is 183 Å². The van der Waals surface area contributed by atoms with Gasteiger partial charge in [-0.2, -0.15) is 0 Å². The van der Waals surface area contributed by atoms with Crippen molar-refractivity contribution in [2.75, 3.05) is 0 Å². The summed E-state index contributed by atoms with van der Waals surface area (Å²) >= 11 is 49.6. The van der Waals surface area contributed by atoms with Crippen LogP contribution in [-0.2, 0) is 96.8 Å². The molecule has 0 aliphatic heterocycles. The van der Waals surface area contributed by atoms with Crippen LogP contribution in [0.15, 0.2) is 0 Å². The minimum atomic E-state index is 0. The van der Waals surface area contributed by atoms with Crippen LogP contribution in [0.1, 0.15) is 0 Å². The molecule has 0 rings (SSSR count). The van der Waals surface area contributed by atoms with Gasteiger partial charge in [0.2, 0.25) is 0 Å². The average molecular weight is 681 g/mol. The molecule has 0 aliphatic rings. The first-order chi connectivity index (χ1) is 10.4. The van der Waals surface area contributed by atoms with E-state index in [1.165, 1.54) is 0 Å². The van der Waals surface area contributed by atoms with Gasteiger partial charge in [0.05, 0.1) is 0 Å². The maximum absolute atomic E-state index is 4.66. The number of thiocarbonyl (C=S) groups is 6. The summed E-state index contributed by atoms with van der Waals surface area (Å²) in [4.78, 5) is 0. The Balaban J connectivity index is -0.0000000245. The molecule has 12 N–H and O–H groups in total. The zero-order chi connectivity index (χ0) is 21.5. The Morgan fingerprint density at radius 1 is 0.385 bits per heavy atom. The van der Waals surface area contributed by atoms with Crippen LogP contribution in [-0.4, -0.2) is 25.9 Å². The van der Waals surface area contributed by atoms with Crippen LogP contribution < -0.4 is 34.4 Å². The van der Waals surface area contributed by atoms with Crippen LogP contribution in [0.25, 0.3) is 0 Å². The van der Waals surface area contributed by atoms with Crippen molar-refractivity contribution in [3.8, 4) is 0 Å². The van der Waals surface area contributed by atoms with E-state index < -0.39 is 0 Å². The molecular formula is C6H12MoN6S13. The van der Waals surface area contributed by atoms with Crippen molar-refractivity contribution in [2.45, 2.75) is 0 Å². The molecule has 0 heterocycles. The summed E-state index contributed by atoms with van der Waals surface area (Å²) in [6, 6.07) is 0. The fraction of sp³-hybridized carbons (Fsp3) is 0. The molecule has 0 unspecified atom stereocenters. The molecule has 0 aromatic carbocycles. The first-order valence-corrected chi connectivity index (χ1v) is 9.08. The summed E-state index contributed by atoms with van der Waals surface area (Å²) in [5.41, 5.74) is 27.9. The van der Waals surface area contributed by atoms with E-state index in [1.807, 2.05) is 0 Å². The van der Waals surface area contributed by atoms with Gasteiger partial charge >= 0.3 is 21.1 Å². The van der Waals surface area contributed by atoms with Crippen LogP contribution in [0.4, 0.5) is 0 Å². The van der Waals surface area contributed by atoms with Gasteiger partial charge in [0.15, 0.2) is 0 Å². The molecule has 0 aliphatic carbocycles. The van der Waals surface area contributed by atoms with E-state index in [4.69, 9.17) is 0 Å². The second kappa shape index (κ2) is 45.4. The van der Waals surface area contributed by atoms with Crippen LogP contribution in [0.2, 0.25) is 0 Å². The average Bonchev–Trinajstić information content (AvgIpc) is 2.08. The van der Waals surface area contributed by atoms with E-state index in [9.17, 15) is 0 Å². The Kier molecular flexibility index (Phi) is 88.9. The van der Waals surface area contributed by atoms with Gasteiger partial charge in [-0.05, 0) is 0 Å². The van der Waals surface area contributed by atoms with Crippen molar-refractivity contribution in [1.29, 1.82) is 0 Å². The largest absolute Gasteiger partial charge is 6.00 e. The number of rotatable bonds is 0. The third-order valence-corrected chi connectivity index (χ3v) is 0. The minimum Gasteiger partial charge on any atom is -0.415 e. The van der Waals surface area contributed by atoms with Crippen LogP contribution >= 0.6 is 86.8 Å². The summed E-state index contributed by atoms with van der Waals surface area (Å²) in [5, 5.41) is 0. The molecular weight excluding hydrogens is 669 g/mol. The van der Waals surface area contributed by atoms with E-state index in [-0.39, 0.29) is 60.5 Å². The molecule has 0 saturated heterocycles. The first kappa shape index (κ1) is 50.9. The van der Waals surface area contributed by atoms with E-state index in [0.717, 1.165) is 0 Å². The fourth-order valence-corrected chi connectivity index (χ4v) is 0. The summed E-state index contributed by atoms with van der Waals surface area (Å²) in [6.07, 6.45) is 0. The van der Waals surface area contributed by atoms with Crippen molar-refractivity contribution in [3.63, 3.8) is 0 Å². The van der Waals surface area contributed by atoms with Gasteiger partial charge < -0.3 is 183 Å². The van der Waals surface area contributed by atoms with E-state index >= 15 is 0 Å². The summed E-state index contributed by atoms with van der Waals surface area (Å²) < 4.78 is 0.500. The fourth-order valence-electron chi connectivity index (χ4n) is 0. The maximum atomic E-state index is 4.66. The molecule has 0 bridgehead atoms. The molecule has 6 nitrogen and oxygen atoms in total. The third-order valence-electron chi connectivity index (χ3n) is 0. The van der Waals surface area contributed by atoms with Crippen LogP contribution in [0.5, 0.6) is 0 Å². The SMILES string of the molecule is NC(=S)[S-].NC(=S)[S-].NC(=S)[S-].NC(=S)[S-].NC(=S)[S-].NC(=S)[S-].[Mo+6].[S]. The predicted molar refractivity (Wildman–Crippen MR) is 152 cm³/mol. The number of hydrogen-bond donors (Lipinski definition) is 6. The first-order valence-electron chi connectivity index (χ1n) is 4.18. The molecule has 0 fully saturated rings. The standard InChI is InChI=1S/6CH3NS2.Mo.S/c6*2-1(3)4;;/h6*(H3,2,3,4);;/q;;;;;;+6;/p-6. The normalized spacial score (nSPS) is 5.54. The van der Waals surface area contributed by atoms with Crippen molar-refractivity contribution >= 4 is 188 Å². The molecule has 0 spiro atoms. The maximum Gasteiger partial charge on any atom is 6.00 e. The van der Waals surface area contributed by atoms with Gasteiger partial charge in [0, 0.05) is 13.5 Å². The van der Waals surface area contributed by atoms with E-state index in [1.54, 1.807) is 0 Å². The Labute approximate surface area is 240 Å². The molecule has 150 valence electrons. The number of nitrogens with two attached hydrogens (primary N) is 6. The summed E-state index contributed by atoms with van der Waals surface area (Å²) in [5.74, 6) is 0. The Hall–Kier alpha value is 1.70. The molecule has 0 aromatic heterocycles. The molecule has 20 heteroatoms. The number of hydrogen-bond acceptors (Lipinski definition) is 12. The third kappa shape index (κ3) is 5440. The van der Waals surface area contributed by atoms with Gasteiger partial charge in [-0.3, -0.25) is 0 Å². The van der Waals surface area contributed by atoms with Crippen molar-refractivity contribution in [2.24, 2.45) is 34.4 Å². The zero-order valence-corrected chi connectivity index (χ0v) is 24.8. The molecule has 26 heavy (non-hydrogen) atoms. The second-order valence-corrected chi connectivity index (χ2v) is 8.74. The summed E-state index contributed by atoms with van der Waals surface area (Å²) in [7, 11) is 0. The molecule has 2 radical (unpaired) electrons. The predicted octanol–water partition coefficient (Wildman–Crippen LogP) is -0.693. The Morgan fingerprint density at radius 2 is 0.385 bits per heavy atom.